The Morgan fingerprint density at radius 1 is 1.09 bits per heavy atom. The van der Waals surface area contributed by atoms with Gasteiger partial charge in [-0.25, -0.2) is 0 Å². The highest BCUT2D eigenvalue weighted by molar-refractivity contribution is 9.36. The second-order valence-electron chi connectivity index (χ2n) is 10.1. The molecular weight excluding hydrogens is 371 g/mol. The quantitative estimate of drug-likeness (QED) is 0.356. The molecule has 0 aromatic rings. The van der Waals surface area contributed by atoms with Crippen LogP contribution in [0.1, 0.15) is 65.7 Å². The molecule has 1 nitrogen and oxygen atoms in total. The molecule has 22 heavy (non-hydrogen) atoms. The Balaban J connectivity index is 1.68. The Morgan fingerprint density at radius 3 is 1.91 bits per heavy atom. The molecule has 0 aliphatic heterocycles. The van der Waals surface area contributed by atoms with Gasteiger partial charge < -0.3 is 4.43 Å². The van der Waals surface area contributed by atoms with Crippen LogP contribution in [0.5, 0.6) is 0 Å². The van der Waals surface area contributed by atoms with Gasteiger partial charge >= 0.3 is 0 Å². The number of hydrogen-bond donors (Lipinski definition) is 0. The lowest BCUT2D eigenvalue weighted by Gasteiger charge is -2.58. The number of hydrogen-bond acceptors (Lipinski definition) is 1. The van der Waals surface area contributed by atoms with Crippen LogP contribution in [0.3, 0.4) is 0 Å². The Bertz CT molecular complexity index is 383. The first-order chi connectivity index (χ1) is 10.1. The Morgan fingerprint density at radius 2 is 1.55 bits per heavy atom. The van der Waals surface area contributed by atoms with Crippen molar-refractivity contribution < 1.29 is 4.43 Å². The molecule has 4 saturated carbocycles. The fourth-order valence-electron chi connectivity index (χ4n) is 5.57. The van der Waals surface area contributed by atoms with Crippen LogP contribution in [0.2, 0.25) is 18.1 Å². The Hall–Kier alpha value is 1.09. The van der Waals surface area contributed by atoms with E-state index in [4.69, 9.17) is 4.43 Å². The molecule has 2 unspecified atom stereocenters. The van der Waals surface area contributed by atoms with Crippen LogP contribution in [0, 0.1) is 23.2 Å². The highest BCUT2D eigenvalue weighted by Gasteiger charge is 2.52. The van der Waals surface area contributed by atoms with E-state index >= 15 is 0 Å². The Kier molecular flexibility index (Phi) is 4.97. The fraction of sp³-hybridized carbons (Fsp3) is 1.00. The van der Waals surface area contributed by atoms with Crippen molar-refractivity contribution in [3.63, 3.8) is 0 Å². The minimum atomic E-state index is -1.65. The van der Waals surface area contributed by atoms with Gasteiger partial charge in [-0.3, -0.25) is 0 Å². The third kappa shape index (κ3) is 3.53. The molecule has 0 aromatic heterocycles. The molecule has 4 bridgehead atoms. The van der Waals surface area contributed by atoms with Crippen LogP contribution in [0.4, 0.5) is 0 Å². The smallest absolute Gasteiger partial charge is 0.192 e. The molecule has 0 heterocycles. The van der Waals surface area contributed by atoms with Crippen molar-refractivity contribution in [2.75, 3.05) is 0 Å². The van der Waals surface area contributed by atoms with Crippen molar-refractivity contribution in [2.24, 2.45) is 23.2 Å². The monoisotopic (exact) mass is 404 g/mol. The van der Waals surface area contributed by atoms with Crippen molar-refractivity contribution in [1.29, 1.82) is 0 Å². The zero-order valence-corrected chi connectivity index (χ0v) is 18.6. The zero-order valence-electron chi connectivity index (χ0n) is 15.0. The molecule has 0 N–H and O–H groups in total. The van der Waals surface area contributed by atoms with E-state index in [9.17, 15) is 0 Å². The molecule has 0 spiro atoms. The average Bonchev–Trinajstić information content (AvgIpc) is 2.34. The van der Waals surface area contributed by atoms with Gasteiger partial charge in [0, 0.05) is 0 Å². The van der Waals surface area contributed by atoms with Gasteiger partial charge in [-0.05, 0) is 93.5 Å². The van der Waals surface area contributed by atoms with Gasteiger partial charge in [-0.1, -0.05) is 36.3 Å². The first-order valence-corrected chi connectivity index (χ1v) is 15.4. The van der Waals surface area contributed by atoms with Crippen molar-refractivity contribution in [1.82, 2.24) is 0 Å². The van der Waals surface area contributed by atoms with Crippen LogP contribution in [0.15, 0.2) is 0 Å². The average molecular weight is 405 g/mol. The van der Waals surface area contributed by atoms with E-state index in [-0.39, 0.29) is 0 Å². The molecular formula is C18H34BrOPSi. The molecule has 4 fully saturated rings. The predicted molar refractivity (Wildman–Crippen MR) is 105 cm³/mol. The number of rotatable bonds is 5. The summed E-state index contributed by atoms with van der Waals surface area (Å²) in [7, 11) is -0.889. The second kappa shape index (κ2) is 6.11. The fourth-order valence-corrected chi connectivity index (χ4v) is 9.62. The molecule has 4 aliphatic rings. The zero-order chi connectivity index (χ0) is 16.2. The first kappa shape index (κ1) is 17.9. The third-order valence-electron chi connectivity index (χ3n) is 7.15. The largest absolute Gasteiger partial charge is 0.410 e. The highest BCUT2D eigenvalue weighted by atomic mass is 79.9. The van der Waals surface area contributed by atoms with Crippen molar-refractivity contribution >= 4 is 31.1 Å². The predicted octanol–water partition coefficient (Wildman–Crippen LogP) is 6.93. The molecule has 2 atom stereocenters. The van der Waals surface area contributed by atoms with Gasteiger partial charge in [0.05, 0.1) is 5.85 Å². The second-order valence-corrected chi connectivity index (χ2v) is 17.1. The standard InChI is InChI=1S/C18H34BrOPSi/c1-17(2,3)22(4,5)20-16(21-19)12-18-9-13-6-14(10-18)8-15(7-13)11-18/h13-16,21H,6-12H2,1-5H3. The van der Waals surface area contributed by atoms with E-state index < -0.39 is 8.32 Å². The van der Waals surface area contributed by atoms with Crippen LogP contribution >= 0.6 is 22.8 Å². The molecule has 4 aliphatic carbocycles. The van der Waals surface area contributed by atoms with Crippen LogP contribution in [-0.2, 0) is 4.43 Å². The van der Waals surface area contributed by atoms with E-state index in [1.54, 1.807) is 19.3 Å². The lowest BCUT2D eigenvalue weighted by atomic mass is 9.49. The van der Waals surface area contributed by atoms with Gasteiger partial charge in [0.2, 0.25) is 0 Å². The summed E-state index contributed by atoms with van der Waals surface area (Å²) >= 11 is 3.80. The molecule has 4 rings (SSSR count). The maximum atomic E-state index is 6.79. The summed E-state index contributed by atoms with van der Waals surface area (Å²) in [6, 6.07) is 0. The maximum absolute atomic E-state index is 6.79. The van der Waals surface area contributed by atoms with E-state index in [1.165, 1.54) is 25.7 Å². The third-order valence-corrected chi connectivity index (χ3v) is 14.0. The normalized spacial score (nSPS) is 39.8. The number of halogens is 1. The first-order valence-electron chi connectivity index (χ1n) is 9.16. The van der Waals surface area contributed by atoms with Crippen LogP contribution < -0.4 is 0 Å². The molecule has 0 amide bonds. The van der Waals surface area contributed by atoms with Crippen LogP contribution in [0.25, 0.3) is 0 Å². The summed E-state index contributed by atoms with van der Waals surface area (Å²) in [6.07, 6.45) is 10.5. The molecule has 128 valence electrons. The van der Waals surface area contributed by atoms with Gasteiger partial charge in [-0.2, -0.15) is 0 Å². The van der Waals surface area contributed by atoms with E-state index in [2.05, 4.69) is 49.4 Å². The van der Waals surface area contributed by atoms with Gasteiger partial charge in [-0.15, -0.1) is 0 Å². The Labute approximate surface area is 148 Å². The minimum absolute atomic E-state index is 0.319. The minimum Gasteiger partial charge on any atom is -0.410 e. The van der Waals surface area contributed by atoms with Crippen molar-refractivity contribution in [3.05, 3.63) is 0 Å². The highest BCUT2D eigenvalue weighted by Crippen LogP contribution is 2.62. The lowest BCUT2D eigenvalue weighted by molar-refractivity contribution is -0.0659. The summed E-state index contributed by atoms with van der Waals surface area (Å²) in [5, 5.41) is 0.319. The maximum Gasteiger partial charge on any atom is 0.192 e. The van der Waals surface area contributed by atoms with Crippen molar-refractivity contribution in [2.45, 2.75) is 89.7 Å². The summed E-state index contributed by atoms with van der Waals surface area (Å²) in [5.41, 5.74) is 0.641. The summed E-state index contributed by atoms with van der Waals surface area (Å²) < 4.78 is 6.79. The summed E-state index contributed by atoms with van der Waals surface area (Å²) in [6.45, 7) is 11.9. The molecule has 0 radical (unpaired) electrons. The van der Waals surface area contributed by atoms with Gasteiger partial charge in [0.1, 0.15) is 0 Å². The summed E-state index contributed by atoms with van der Waals surface area (Å²) in [5.74, 6) is 3.62. The molecule has 0 saturated heterocycles. The van der Waals surface area contributed by atoms with Gasteiger partial charge in [0.25, 0.3) is 0 Å². The lowest BCUT2D eigenvalue weighted by Crippen LogP contribution is -2.49. The SMILES string of the molecule is CC(C)(C)[Si](C)(C)OC(CC12CC3CC(CC(C3)C1)C2)PBr. The van der Waals surface area contributed by atoms with E-state index in [0.29, 0.717) is 16.3 Å². The topological polar surface area (TPSA) is 9.23 Å². The van der Waals surface area contributed by atoms with Crippen LogP contribution in [-0.4, -0.2) is 14.2 Å². The van der Waals surface area contributed by atoms with E-state index in [0.717, 1.165) is 25.0 Å². The van der Waals surface area contributed by atoms with Crippen molar-refractivity contribution in [3.8, 4) is 0 Å². The van der Waals surface area contributed by atoms with E-state index in [1.807, 2.05) is 0 Å². The molecule has 0 aromatic carbocycles. The molecule has 4 heteroatoms. The van der Waals surface area contributed by atoms with Gasteiger partial charge in [0.15, 0.2) is 8.32 Å². The summed E-state index contributed by atoms with van der Waals surface area (Å²) in [4.78, 5) is 0.